The third-order valence-electron chi connectivity index (χ3n) is 2.39. The molecule has 0 aliphatic heterocycles. The number of hydrogen-bond acceptors (Lipinski definition) is 4. The molecular formula is C12H13N3O2S. The van der Waals surface area contributed by atoms with Crippen LogP contribution in [0.15, 0.2) is 53.7 Å². The number of rotatable bonds is 4. The molecule has 3 N–H and O–H groups in total. The first-order valence-corrected chi connectivity index (χ1v) is 6.80. The van der Waals surface area contributed by atoms with Gasteiger partial charge < -0.3 is 5.73 Å². The van der Waals surface area contributed by atoms with Gasteiger partial charge in [-0.3, -0.25) is 4.98 Å². The minimum atomic E-state index is -3.51. The van der Waals surface area contributed by atoms with E-state index in [9.17, 15) is 8.42 Å². The van der Waals surface area contributed by atoms with Crippen molar-refractivity contribution in [3.8, 4) is 0 Å². The Bertz CT molecular complexity index is 610. The maximum Gasteiger partial charge on any atom is 0.242 e. The van der Waals surface area contributed by atoms with Crippen LogP contribution >= 0.6 is 0 Å². The monoisotopic (exact) mass is 263 g/mol. The number of aromatic nitrogens is 1. The van der Waals surface area contributed by atoms with Gasteiger partial charge in [-0.1, -0.05) is 12.1 Å². The van der Waals surface area contributed by atoms with E-state index >= 15 is 0 Å². The fourth-order valence-corrected chi connectivity index (χ4v) is 2.38. The Labute approximate surface area is 106 Å². The third kappa shape index (κ3) is 3.06. The topological polar surface area (TPSA) is 85.1 Å². The van der Waals surface area contributed by atoms with Crippen molar-refractivity contribution in [2.75, 3.05) is 5.73 Å². The molecule has 0 saturated heterocycles. The van der Waals surface area contributed by atoms with Crippen molar-refractivity contribution < 1.29 is 8.42 Å². The number of nitrogens with zero attached hydrogens (tertiary/aromatic N) is 1. The summed E-state index contributed by atoms with van der Waals surface area (Å²) in [5.74, 6) is 0. The first-order chi connectivity index (χ1) is 8.58. The van der Waals surface area contributed by atoms with E-state index in [1.165, 1.54) is 18.5 Å². The Balaban J connectivity index is 2.08. The summed E-state index contributed by atoms with van der Waals surface area (Å²) in [6.45, 7) is 0.220. The van der Waals surface area contributed by atoms with E-state index in [1.807, 2.05) is 0 Å². The van der Waals surface area contributed by atoms with Gasteiger partial charge >= 0.3 is 0 Å². The third-order valence-corrected chi connectivity index (χ3v) is 3.78. The number of sulfonamides is 1. The first kappa shape index (κ1) is 12.5. The average Bonchev–Trinajstić information content (AvgIpc) is 2.39. The van der Waals surface area contributed by atoms with Crippen LogP contribution in [0, 0.1) is 0 Å². The van der Waals surface area contributed by atoms with Crippen LogP contribution in [0.4, 0.5) is 5.69 Å². The lowest BCUT2D eigenvalue weighted by atomic mass is 10.2. The van der Waals surface area contributed by atoms with Gasteiger partial charge in [0.05, 0.1) is 0 Å². The van der Waals surface area contributed by atoms with Crippen LogP contribution in [0.1, 0.15) is 5.56 Å². The molecule has 5 nitrogen and oxygen atoms in total. The molecule has 0 atom stereocenters. The summed E-state index contributed by atoms with van der Waals surface area (Å²) in [5.41, 5.74) is 7.04. The zero-order valence-electron chi connectivity index (χ0n) is 9.58. The SMILES string of the molecule is Nc1ccc(CNS(=O)(=O)c2cccnc2)cc1. The van der Waals surface area contributed by atoms with Crippen LogP contribution in [-0.2, 0) is 16.6 Å². The van der Waals surface area contributed by atoms with E-state index in [2.05, 4.69) is 9.71 Å². The van der Waals surface area contributed by atoms with Gasteiger partial charge in [-0.15, -0.1) is 0 Å². The molecule has 0 amide bonds. The van der Waals surface area contributed by atoms with Crippen LogP contribution in [0.2, 0.25) is 0 Å². The minimum Gasteiger partial charge on any atom is -0.399 e. The second-order valence-electron chi connectivity index (χ2n) is 3.75. The normalized spacial score (nSPS) is 11.3. The molecule has 0 fully saturated rings. The molecule has 2 rings (SSSR count). The van der Waals surface area contributed by atoms with Gasteiger partial charge in [-0.05, 0) is 29.8 Å². The smallest absolute Gasteiger partial charge is 0.242 e. The van der Waals surface area contributed by atoms with Crippen molar-refractivity contribution in [1.82, 2.24) is 9.71 Å². The highest BCUT2D eigenvalue weighted by atomic mass is 32.2. The van der Waals surface area contributed by atoms with Gasteiger partial charge in [0, 0.05) is 24.6 Å². The molecule has 1 heterocycles. The van der Waals surface area contributed by atoms with Crippen LogP contribution in [0.25, 0.3) is 0 Å². The van der Waals surface area contributed by atoms with Crippen molar-refractivity contribution >= 4 is 15.7 Å². The number of pyridine rings is 1. The fraction of sp³-hybridized carbons (Fsp3) is 0.0833. The predicted octanol–water partition coefficient (Wildman–Crippen LogP) is 1.14. The molecule has 0 spiro atoms. The summed E-state index contributed by atoms with van der Waals surface area (Å²) >= 11 is 0. The molecule has 0 bridgehead atoms. The number of hydrogen-bond donors (Lipinski definition) is 2. The van der Waals surface area contributed by atoms with E-state index < -0.39 is 10.0 Å². The molecule has 1 aromatic heterocycles. The lowest BCUT2D eigenvalue weighted by Gasteiger charge is -2.06. The van der Waals surface area contributed by atoms with Gasteiger partial charge in [-0.25, -0.2) is 13.1 Å². The molecule has 2 aromatic rings. The van der Waals surface area contributed by atoms with Gasteiger partial charge in [0.1, 0.15) is 4.90 Å². The molecule has 94 valence electrons. The number of nitrogens with two attached hydrogens (primary N) is 1. The quantitative estimate of drug-likeness (QED) is 0.810. The lowest BCUT2D eigenvalue weighted by molar-refractivity contribution is 0.581. The average molecular weight is 263 g/mol. The molecule has 0 aliphatic carbocycles. The van der Waals surface area contributed by atoms with Crippen molar-refractivity contribution in [3.05, 3.63) is 54.4 Å². The number of nitrogens with one attached hydrogen (secondary N) is 1. The zero-order chi connectivity index (χ0) is 13.0. The highest BCUT2D eigenvalue weighted by Crippen LogP contribution is 2.09. The van der Waals surface area contributed by atoms with Crippen LogP contribution in [-0.4, -0.2) is 13.4 Å². The van der Waals surface area contributed by atoms with Crippen LogP contribution < -0.4 is 10.5 Å². The van der Waals surface area contributed by atoms with E-state index in [0.717, 1.165) is 5.56 Å². The standard InChI is InChI=1S/C12H13N3O2S/c13-11-5-3-10(4-6-11)8-15-18(16,17)12-2-1-7-14-9-12/h1-7,9,15H,8,13H2. The van der Waals surface area contributed by atoms with Gasteiger partial charge in [-0.2, -0.15) is 0 Å². The first-order valence-electron chi connectivity index (χ1n) is 5.32. The maximum absolute atomic E-state index is 11.9. The molecular weight excluding hydrogens is 250 g/mol. The van der Waals surface area contributed by atoms with Crippen LogP contribution in [0.3, 0.4) is 0 Å². The van der Waals surface area contributed by atoms with E-state index in [4.69, 9.17) is 5.73 Å². The Morgan fingerprint density at radius 1 is 1.17 bits per heavy atom. The van der Waals surface area contributed by atoms with Crippen molar-refractivity contribution in [1.29, 1.82) is 0 Å². The van der Waals surface area contributed by atoms with Crippen LogP contribution in [0.5, 0.6) is 0 Å². The highest BCUT2D eigenvalue weighted by Gasteiger charge is 2.12. The van der Waals surface area contributed by atoms with E-state index in [0.29, 0.717) is 5.69 Å². The maximum atomic E-state index is 11.9. The molecule has 0 unspecified atom stereocenters. The number of anilines is 1. The largest absolute Gasteiger partial charge is 0.399 e. The lowest BCUT2D eigenvalue weighted by Crippen LogP contribution is -2.23. The van der Waals surface area contributed by atoms with Crippen molar-refractivity contribution in [3.63, 3.8) is 0 Å². The predicted molar refractivity (Wildman–Crippen MR) is 69.1 cm³/mol. The second kappa shape index (κ2) is 5.16. The number of benzene rings is 1. The molecule has 18 heavy (non-hydrogen) atoms. The molecule has 0 radical (unpaired) electrons. The molecule has 1 aromatic carbocycles. The second-order valence-corrected chi connectivity index (χ2v) is 5.52. The summed E-state index contributed by atoms with van der Waals surface area (Å²) in [5, 5.41) is 0. The van der Waals surface area contributed by atoms with E-state index in [1.54, 1.807) is 30.3 Å². The van der Waals surface area contributed by atoms with Gasteiger partial charge in [0.2, 0.25) is 10.0 Å². The van der Waals surface area contributed by atoms with Crippen molar-refractivity contribution in [2.24, 2.45) is 0 Å². The molecule has 0 aliphatic rings. The van der Waals surface area contributed by atoms with Gasteiger partial charge in [0.25, 0.3) is 0 Å². The zero-order valence-corrected chi connectivity index (χ0v) is 10.4. The Kier molecular flexibility index (Phi) is 3.59. The summed E-state index contributed by atoms with van der Waals surface area (Å²) in [6, 6.07) is 10.1. The minimum absolute atomic E-state index is 0.153. The molecule has 6 heteroatoms. The Morgan fingerprint density at radius 3 is 2.50 bits per heavy atom. The summed E-state index contributed by atoms with van der Waals surface area (Å²) < 4.78 is 26.3. The highest BCUT2D eigenvalue weighted by molar-refractivity contribution is 7.89. The Morgan fingerprint density at radius 2 is 1.89 bits per heavy atom. The van der Waals surface area contributed by atoms with Crippen molar-refractivity contribution in [2.45, 2.75) is 11.4 Å². The number of nitrogen functional groups attached to an aromatic ring is 1. The summed E-state index contributed by atoms with van der Waals surface area (Å²) in [4.78, 5) is 3.94. The Hall–Kier alpha value is -1.92. The van der Waals surface area contributed by atoms with E-state index in [-0.39, 0.29) is 11.4 Å². The summed E-state index contributed by atoms with van der Waals surface area (Å²) in [7, 11) is -3.51. The molecule has 0 saturated carbocycles. The summed E-state index contributed by atoms with van der Waals surface area (Å²) in [6.07, 6.45) is 2.84. The van der Waals surface area contributed by atoms with Gasteiger partial charge in [0.15, 0.2) is 0 Å². The fourth-order valence-electron chi connectivity index (χ4n) is 1.40.